The minimum Gasteiger partial charge on any atom is -0.424 e. The van der Waals surface area contributed by atoms with Crippen LogP contribution < -0.4 is 5.32 Å². The number of nitrogens with one attached hydrogen (secondary N) is 1. The number of aryl methyl sites for hydroxylation is 3. The first-order chi connectivity index (χ1) is 11.7. The smallest absolute Gasteiger partial charge is 0.295 e. The minimum atomic E-state index is 0.584. The van der Waals surface area contributed by atoms with Crippen molar-refractivity contribution in [2.75, 3.05) is 11.9 Å². The van der Waals surface area contributed by atoms with Crippen molar-refractivity contribution in [1.82, 2.24) is 14.4 Å². The number of pyridine rings is 1. The third kappa shape index (κ3) is 2.62. The second kappa shape index (κ2) is 6.00. The minimum absolute atomic E-state index is 0.584. The molecule has 1 N–H and O–H groups in total. The molecule has 4 rings (SSSR count). The molecule has 0 aliphatic heterocycles. The third-order valence-corrected chi connectivity index (χ3v) is 4.30. The zero-order chi connectivity index (χ0) is 16.5. The van der Waals surface area contributed by atoms with E-state index in [2.05, 4.69) is 40.0 Å². The summed E-state index contributed by atoms with van der Waals surface area (Å²) in [5, 5.41) is 3.11. The van der Waals surface area contributed by atoms with Crippen LogP contribution in [0.2, 0.25) is 0 Å². The van der Waals surface area contributed by atoms with Gasteiger partial charge in [0, 0.05) is 18.4 Å². The fourth-order valence-corrected chi connectivity index (χ4v) is 3.02. The van der Waals surface area contributed by atoms with E-state index in [9.17, 15) is 0 Å². The van der Waals surface area contributed by atoms with Gasteiger partial charge in [0.05, 0.1) is 5.69 Å². The molecular weight excluding hydrogens is 300 g/mol. The lowest BCUT2D eigenvalue weighted by Crippen LogP contribution is -1.95. The van der Waals surface area contributed by atoms with Crippen LogP contribution in [0.15, 0.2) is 47.0 Å². The van der Waals surface area contributed by atoms with Crippen molar-refractivity contribution >= 4 is 22.8 Å². The lowest BCUT2D eigenvalue weighted by Gasteiger charge is -2.01. The van der Waals surface area contributed by atoms with Gasteiger partial charge in [0.1, 0.15) is 11.2 Å². The zero-order valence-electron chi connectivity index (χ0n) is 13.9. The highest BCUT2D eigenvalue weighted by molar-refractivity contribution is 5.75. The summed E-state index contributed by atoms with van der Waals surface area (Å²) in [5.74, 6) is 0. The topological polar surface area (TPSA) is 55.4 Å². The predicted octanol–water partition coefficient (Wildman–Crippen LogP) is 4.00. The van der Waals surface area contributed by atoms with E-state index in [1.54, 1.807) is 0 Å². The highest BCUT2D eigenvalue weighted by Crippen LogP contribution is 2.21. The Morgan fingerprint density at radius 3 is 2.88 bits per heavy atom. The quantitative estimate of drug-likeness (QED) is 0.604. The summed E-state index contributed by atoms with van der Waals surface area (Å²) in [6, 6.07) is 12.9. The van der Waals surface area contributed by atoms with Crippen LogP contribution in [-0.4, -0.2) is 20.9 Å². The van der Waals surface area contributed by atoms with Gasteiger partial charge in [0.2, 0.25) is 0 Å². The van der Waals surface area contributed by atoms with Crippen LogP contribution in [0.3, 0.4) is 0 Å². The lowest BCUT2D eigenvalue weighted by atomic mass is 10.1. The molecule has 4 aromatic rings. The van der Waals surface area contributed by atoms with Crippen molar-refractivity contribution in [3.05, 3.63) is 59.5 Å². The molecule has 0 unspecified atom stereocenters. The van der Waals surface area contributed by atoms with E-state index in [0.29, 0.717) is 6.01 Å². The Labute approximate surface area is 140 Å². The molecule has 5 nitrogen and oxygen atoms in total. The number of fused-ring (bicyclic) bond motifs is 2. The Bertz CT molecular complexity index is 999. The van der Waals surface area contributed by atoms with Crippen molar-refractivity contribution in [3.8, 4) is 0 Å². The normalized spacial score (nSPS) is 11.4. The van der Waals surface area contributed by atoms with E-state index in [1.165, 1.54) is 11.3 Å². The molecule has 0 aliphatic carbocycles. The van der Waals surface area contributed by atoms with Crippen LogP contribution in [0.5, 0.6) is 0 Å². The average molecular weight is 320 g/mol. The summed E-state index contributed by atoms with van der Waals surface area (Å²) in [6.45, 7) is 4.95. The highest BCUT2D eigenvalue weighted by atomic mass is 16.4. The highest BCUT2D eigenvalue weighted by Gasteiger charge is 2.09. The number of hydrogen-bond donors (Lipinski definition) is 1. The van der Waals surface area contributed by atoms with Crippen LogP contribution >= 0.6 is 0 Å². The Kier molecular flexibility index (Phi) is 3.69. The number of aromatic nitrogens is 3. The number of oxazole rings is 1. The van der Waals surface area contributed by atoms with Crippen LogP contribution in [0.1, 0.15) is 23.9 Å². The van der Waals surface area contributed by atoms with Gasteiger partial charge in [0.15, 0.2) is 5.58 Å². The summed E-state index contributed by atoms with van der Waals surface area (Å²) in [4.78, 5) is 9.15. The number of anilines is 1. The van der Waals surface area contributed by atoms with Crippen molar-refractivity contribution < 1.29 is 4.42 Å². The number of benzene rings is 1. The molecule has 0 radical (unpaired) electrons. The number of nitrogens with zero attached hydrogens (tertiary/aromatic N) is 3. The van der Waals surface area contributed by atoms with Crippen LogP contribution in [-0.2, 0) is 12.8 Å². The van der Waals surface area contributed by atoms with Gasteiger partial charge in [-0.2, -0.15) is 4.98 Å². The molecule has 3 heterocycles. The molecule has 0 fully saturated rings. The Morgan fingerprint density at radius 1 is 1.12 bits per heavy atom. The van der Waals surface area contributed by atoms with E-state index in [0.717, 1.165) is 41.8 Å². The molecule has 1 aromatic carbocycles. The van der Waals surface area contributed by atoms with E-state index in [-0.39, 0.29) is 0 Å². The zero-order valence-corrected chi connectivity index (χ0v) is 13.9. The largest absolute Gasteiger partial charge is 0.424 e. The molecule has 5 heteroatoms. The summed E-state index contributed by atoms with van der Waals surface area (Å²) in [5.41, 5.74) is 6.31. The van der Waals surface area contributed by atoms with Gasteiger partial charge in [-0.1, -0.05) is 12.1 Å². The van der Waals surface area contributed by atoms with Crippen LogP contribution in [0.4, 0.5) is 6.01 Å². The van der Waals surface area contributed by atoms with Crippen LogP contribution in [0, 0.1) is 6.92 Å². The predicted molar refractivity (Wildman–Crippen MR) is 95.5 cm³/mol. The van der Waals surface area contributed by atoms with Gasteiger partial charge < -0.3 is 14.1 Å². The Balaban J connectivity index is 1.56. The Hall–Kier alpha value is -2.82. The van der Waals surface area contributed by atoms with E-state index < -0.39 is 0 Å². The van der Waals surface area contributed by atoms with Gasteiger partial charge in [-0.25, -0.2) is 4.98 Å². The SMILES string of the molecule is CCNc1nc2ccc(CCc3nc4ccccn4c3C)cc2o1. The van der Waals surface area contributed by atoms with E-state index in [1.807, 2.05) is 31.2 Å². The second-order valence-electron chi connectivity index (χ2n) is 5.92. The van der Waals surface area contributed by atoms with Gasteiger partial charge >= 0.3 is 0 Å². The fraction of sp³-hybridized carbons (Fsp3) is 0.263. The maximum Gasteiger partial charge on any atom is 0.295 e. The molecule has 0 aliphatic rings. The van der Waals surface area contributed by atoms with Crippen molar-refractivity contribution in [2.45, 2.75) is 26.7 Å². The monoisotopic (exact) mass is 320 g/mol. The first kappa shape index (κ1) is 14.8. The molecule has 0 saturated heterocycles. The molecular formula is C19H20N4O. The van der Waals surface area contributed by atoms with Gasteiger partial charge in [-0.15, -0.1) is 0 Å². The summed E-state index contributed by atoms with van der Waals surface area (Å²) in [7, 11) is 0. The van der Waals surface area contributed by atoms with Crippen molar-refractivity contribution in [1.29, 1.82) is 0 Å². The average Bonchev–Trinajstić information content (AvgIpc) is 3.14. The lowest BCUT2D eigenvalue weighted by molar-refractivity contribution is 0.616. The van der Waals surface area contributed by atoms with Crippen molar-refractivity contribution in [3.63, 3.8) is 0 Å². The van der Waals surface area contributed by atoms with Gasteiger partial charge in [-0.3, -0.25) is 0 Å². The van der Waals surface area contributed by atoms with E-state index in [4.69, 9.17) is 9.40 Å². The molecule has 24 heavy (non-hydrogen) atoms. The molecule has 0 atom stereocenters. The van der Waals surface area contributed by atoms with E-state index >= 15 is 0 Å². The fourth-order valence-electron chi connectivity index (χ4n) is 3.02. The number of rotatable bonds is 5. The second-order valence-corrected chi connectivity index (χ2v) is 5.92. The first-order valence-corrected chi connectivity index (χ1v) is 8.30. The number of imidazole rings is 1. The summed E-state index contributed by atoms with van der Waals surface area (Å²) >= 11 is 0. The molecule has 0 amide bonds. The maximum absolute atomic E-state index is 5.73. The third-order valence-electron chi connectivity index (χ3n) is 4.30. The Morgan fingerprint density at radius 2 is 2.04 bits per heavy atom. The van der Waals surface area contributed by atoms with Gasteiger partial charge in [-0.05, 0) is 56.5 Å². The summed E-state index contributed by atoms with van der Waals surface area (Å²) < 4.78 is 7.87. The molecule has 3 aromatic heterocycles. The molecule has 122 valence electrons. The van der Waals surface area contributed by atoms with Crippen LogP contribution in [0.25, 0.3) is 16.7 Å². The standard InChI is InChI=1S/C19H20N4O/c1-3-20-19-22-16-10-8-14(12-17(16)24-19)7-9-15-13(2)23-11-5-4-6-18(23)21-15/h4-6,8,10-12H,3,7,9H2,1-2H3,(H,20,22). The molecule has 0 saturated carbocycles. The first-order valence-electron chi connectivity index (χ1n) is 8.30. The molecule has 0 spiro atoms. The van der Waals surface area contributed by atoms with Gasteiger partial charge in [0.25, 0.3) is 6.01 Å². The molecule has 0 bridgehead atoms. The summed E-state index contributed by atoms with van der Waals surface area (Å²) in [6.07, 6.45) is 3.90. The number of hydrogen-bond acceptors (Lipinski definition) is 4. The van der Waals surface area contributed by atoms with Crippen molar-refractivity contribution in [2.24, 2.45) is 0 Å². The maximum atomic E-state index is 5.73.